The van der Waals surface area contributed by atoms with Gasteiger partial charge >= 0.3 is 0 Å². The molecule has 0 saturated heterocycles. The van der Waals surface area contributed by atoms with Crippen LogP contribution >= 0.6 is 0 Å². The maximum atomic E-state index is 8.75. The van der Waals surface area contributed by atoms with Gasteiger partial charge in [0.1, 0.15) is 18.6 Å². The summed E-state index contributed by atoms with van der Waals surface area (Å²) >= 11 is 0. The monoisotopic (exact) mass is 350 g/mol. The Balaban J connectivity index is 1.45. The van der Waals surface area contributed by atoms with Gasteiger partial charge in [0.15, 0.2) is 0 Å². The lowest BCUT2D eigenvalue weighted by Gasteiger charge is -2.18. The van der Waals surface area contributed by atoms with Gasteiger partial charge in [0.2, 0.25) is 0 Å². The Kier molecular flexibility index (Phi) is 4.84. The fourth-order valence-electron chi connectivity index (χ4n) is 4.13. The van der Waals surface area contributed by atoms with Gasteiger partial charge in [0.25, 0.3) is 0 Å². The number of rotatable bonds is 7. The highest BCUT2D eigenvalue weighted by atomic mass is 16.6. The van der Waals surface area contributed by atoms with Crippen molar-refractivity contribution < 1.29 is 14.6 Å². The van der Waals surface area contributed by atoms with E-state index >= 15 is 0 Å². The Labute approximate surface area is 155 Å². The van der Waals surface area contributed by atoms with Crippen molar-refractivity contribution in [3.05, 3.63) is 71.3 Å². The van der Waals surface area contributed by atoms with Crippen molar-refractivity contribution in [3.63, 3.8) is 0 Å². The van der Waals surface area contributed by atoms with Gasteiger partial charge in [-0.1, -0.05) is 42.5 Å². The molecule has 2 aromatic carbocycles. The van der Waals surface area contributed by atoms with Gasteiger partial charge < -0.3 is 14.6 Å². The summed E-state index contributed by atoms with van der Waals surface area (Å²) in [6.45, 7) is 6.64. The molecule has 1 fully saturated rings. The molecule has 0 bridgehead atoms. The number of allylic oxidation sites excluding steroid dienone is 1. The maximum Gasteiger partial charge on any atom is 0.143 e. The van der Waals surface area contributed by atoms with Crippen molar-refractivity contribution >= 4 is 5.57 Å². The number of ether oxygens (including phenoxy) is 2. The van der Waals surface area contributed by atoms with Crippen LogP contribution in [0, 0.1) is 5.92 Å². The molecule has 2 aliphatic carbocycles. The number of fused-ring (bicyclic) bond motifs is 1. The largest absolute Gasteiger partial charge is 0.486 e. The number of hydrogen-bond acceptors (Lipinski definition) is 3. The highest BCUT2D eigenvalue weighted by molar-refractivity contribution is 5.67. The third kappa shape index (κ3) is 3.42. The smallest absolute Gasteiger partial charge is 0.143 e. The molecule has 0 radical (unpaired) electrons. The molecule has 2 aliphatic rings. The first-order valence-corrected chi connectivity index (χ1v) is 9.40. The van der Waals surface area contributed by atoms with E-state index in [-0.39, 0.29) is 12.9 Å². The minimum Gasteiger partial charge on any atom is -0.486 e. The molecule has 0 aromatic heterocycles. The number of aryl methyl sites for hydroxylation is 1. The second-order valence-electron chi connectivity index (χ2n) is 7.48. The van der Waals surface area contributed by atoms with Crippen LogP contribution in [0.25, 0.3) is 5.57 Å². The zero-order valence-electron chi connectivity index (χ0n) is 15.3. The molecule has 4 rings (SSSR count). The van der Waals surface area contributed by atoms with Crippen molar-refractivity contribution in [1.29, 1.82) is 0 Å². The number of hydrogen-bond donors (Lipinski definition) is 1. The number of benzene rings is 2. The summed E-state index contributed by atoms with van der Waals surface area (Å²) in [6.07, 6.45) is 3.33. The highest BCUT2D eigenvalue weighted by Crippen LogP contribution is 2.48. The third-order valence-corrected chi connectivity index (χ3v) is 5.59. The van der Waals surface area contributed by atoms with Gasteiger partial charge in [-0.25, -0.2) is 0 Å². The van der Waals surface area contributed by atoms with Crippen LogP contribution in [0.4, 0.5) is 0 Å². The summed E-state index contributed by atoms with van der Waals surface area (Å²) in [7, 11) is 0. The second kappa shape index (κ2) is 7.26. The minimum absolute atomic E-state index is 0.107. The Hall–Kier alpha value is -2.10. The van der Waals surface area contributed by atoms with Crippen LogP contribution in [-0.4, -0.2) is 18.5 Å². The molecule has 0 aliphatic heterocycles. The van der Waals surface area contributed by atoms with E-state index in [2.05, 4.69) is 56.0 Å². The molecule has 136 valence electrons. The van der Waals surface area contributed by atoms with E-state index in [0.717, 1.165) is 30.6 Å². The lowest BCUT2D eigenvalue weighted by Crippen LogP contribution is -2.06. The lowest BCUT2D eigenvalue weighted by atomic mass is 9.97. The van der Waals surface area contributed by atoms with Gasteiger partial charge in [-0.15, -0.1) is 0 Å². The molecular formula is C23H26O3. The first kappa shape index (κ1) is 17.3. The molecule has 1 saturated carbocycles. The second-order valence-corrected chi connectivity index (χ2v) is 7.48. The van der Waals surface area contributed by atoms with Gasteiger partial charge in [0.05, 0.1) is 6.61 Å². The van der Waals surface area contributed by atoms with E-state index in [1.807, 2.05) is 0 Å². The van der Waals surface area contributed by atoms with E-state index in [1.54, 1.807) is 0 Å². The van der Waals surface area contributed by atoms with Crippen LogP contribution in [0.1, 0.15) is 54.0 Å². The van der Waals surface area contributed by atoms with Crippen LogP contribution in [0.2, 0.25) is 0 Å². The van der Waals surface area contributed by atoms with Crippen LogP contribution in [0.15, 0.2) is 49.0 Å². The van der Waals surface area contributed by atoms with Crippen LogP contribution < -0.4 is 4.74 Å². The van der Waals surface area contributed by atoms with E-state index < -0.39 is 0 Å². The van der Waals surface area contributed by atoms with E-state index in [4.69, 9.17) is 14.6 Å². The molecule has 0 amide bonds. The summed E-state index contributed by atoms with van der Waals surface area (Å²) in [4.78, 5) is 0. The fraction of sp³-hybridized carbons (Fsp3) is 0.391. The molecule has 3 nitrogen and oxygen atoms in total. The Morgan fingerprint density at radius 3 is 2.73 bits per heavy atom. The average molecular weight is 350 g/mol. The van der Waals surface area contributed by atoms with Crippen LogP contribution in [0.5, 0.6) is 5.75 Å². The summed E-state index contributed by atoms with van der Waals surface area (Å²) in [6, 6.07) is 15.0. The predicted molar refractivity (Wildman–Crippen MR) is 103 cm³/mol. The molecule has 0 heterocycles. The van der Waals surface area contributed by atoms with Gasteiger partial charge in [-0.2, -0.15) is 0 Å². The first-order chi connectivity index (χ1) is 12.7. The number of aliphatic hydroxyl groups excluding tert-OH is 1. The summed E-state index contributed by atoms with van der Waals surface area (Å²) in [5.41, 5.74) is 6.35. The van der Waals surface area contributed by atoms with Gasteiger partial charge in [0, 0.05) is 5.56 Å². The molecular weight excluding hydrogens is 324 g/mol. The SMILES string of the molecule is C=C(C)c1cccc2c1C(Oc1ccc(C3CC3COCO)cc1)CC2. The molecule has 1 N–H and O–H groups in total. The molecule has 3 unspecified atom stereocenters. The van der Waals surface area contributed by atoms with E-state index in [0.29, 0.717) is 18.4 Å². The fourth-order valence-corrected chi connectivity index (χ4v) is 4.13. The maximum absolute atomic E-state index is 8.75. The average Bonchev–Trinajstić information content (AvgIpc) is 3.32. The lowest BCUT2D eigenvalue weighted by molar-refractivity contribution is -0.00675. The van der Waals surface area contributed by atoms with Crippen molar-refractivity contribution in [1.82, 2.24) is 0 Å². The highest BCUT2D eigenvalue weighted by Gasteiger charge is 2.38. The molecule has 26 heavy (non-hydrogen) atoms. The molecule has 3 heteroatoms. The van der Waals surface area contributed by atoms with Crippen molar-refractivity contribution in [2.45, 2.75) is 38.2 Å². The summed E-state index contributed by atoms with van der Waals surface area (Å²) in [5, 5.41) is 8.75. The molecule has 0 spiro atoms. The van der Waals surface area contributed by atoms with E-state index in [9.17, 15) is 0 Å². The normalized spacial score (nSPS) is 23.5. The summed E-state index contributed by atoms with van der Waals surface area (Å²) < 4.78 is 11.4. The first-order valence-electron chi connectivity index (χ1n) is 9.40. The Morgan fingerprint density at radius 2 is 2.00 bits per heavy atom. The topological polar surface area (TPSA) is 38.7 Å². The van der Waals surface area contributed by atoms with Crippen molar-refractivity contribution in [2.24, 2.45) is 5.92 Å². The van der Waals surface area contributed by atoms with Crippen molar-refractivity contribution in [3.8, 4) is 5.75 Å². The Morgan fingerprint density at radius 1 is 1.19 bits per heavy atom. The van der Waals surface area contributed by atoms with Crippen LogP contribution in [0.3, 0.4) is 0 Å². The van der Waals surface area contributed by atoms with Crippen molar-refractivity contribution in [2.75, 3.05) is 13.4 Å². The third-order valence-electron chi connectivity index (χ3n) is 5.59. The predicted octanol–water partition coefficient (Wildman–Crippen LogP) is 4.86. The van der Waals surface area contributed by atoms with Gasteiger partial charge in [-0.3, -0.25) is 0 Å². The molecule has 2 aromatic rings. The zero-order chi connectivity index (χ0) is 18.1. The number of aliphatic hydroxyl groups is 1. The standard InChI is InChI=1S/C23H26O3/c1-15(2)20-5-3-4-17-8-11-22(23(17)20)26-19-9-6-16(7-10-19)21-12-18(21)13-25-14-24/h3-7,9-10,18,21-22,24H,1,8,11-14H2,2H3. The van der Waals surface area contributed by atoms with E-state index in [1.165, 1.54) is 22.3 Å². The summed E-state index contributed by atoms with van der Waals surface area (Å²) in [5.74, 6) is 2.01. The van der Waals surface area contributed by atoms with Gasteiger partial charge in [-0.05, 0) is 66.8 Å². The zero-order valence-corrected chi connectivity index (χ0v) is 15.3. The molecule has 3 atom stereocenters. The quantitative estimate of drug-likeness (QED) is 0.725. The Bertz CT molecular complexity index is 794. The van der Waals surface area contributed by atoms with Crippen LogP contribution in [-0.2, 0) is 11.2 Å². The minimum atomic E-state index is -0.189.